The van der Waals surface area contributed by atoms with Crippen LogP contribution in [0.5, 0.6) is 0 Å². The molecule has 19 heavy (non-hydrogen) atoms. The van der Waals surface area contributed by atoms with Gasteiger partial charge >= 0.3 is 0 Å². The van der Waals surface area contributed by atoms with Crippen LogP contribution in [0.2, 0.25) is 0 Å². The molecule has 0 amide bonds. The molecule has 2 heterocycles. The zero-order valence-corrected chi connectivity index (χ0v) is 11.8. The van der Waals surface area contributed by atoms with Gasteiger partial charge in [0.15, 0.2) is 0 Å². The van der Waals surface area contributed by atoms with E-state index in [1.807, 2.05) is 14.0 Å². The largest absolute Gasteiger partial charge is 0.394 e. The van der Waals surface area contributed by atoms with Crippen molar-refractivity contribution in [1.29, 1.82) is 0 Å². The average Bonchev–Trinajstić information content (AvgIpc) is 2.45. The summed E-state index contributed by atoms with van der Waals surface area (Å²) in [6.45, 7) is 5.58. The van der Waals surface area contributed by atoms with Gasteiger partial charge in [0, 0.05) is 25.7 Å². The van der Waals surface area contributed by atoms with Crippen molar-refractivity contribution in [2.45, 2.75) is 32.5 Å². The first-order valence-electron chi connectivity index (χ1n) is 6.72. The van der Waals surface area contributed by atoms with Gasteiger partial charge in [0.2, 0.25) is 0 Å². The molecule has 1 aromatic rings. The summed E-state index contributed by atoms with van der Waals surface area (Å²) in [7, 11) is 1.86. The number of anilines is 2. The molecule has 0 bridgehead atoms. The first kappa shape index (κ1) is 14.0. The van der Waals surface area contributed by atoms with Gasteiger partial charge in [-0.2, -0.15) is 0 Å². The SMILES string of the molecule is CCc1c(NC)ncnc1N1CC(C)OC(CO)C1. The monoisotopic (exact) mass is 266 g/mol. The molecule has 0 spiro atoms. The third kappa shape index (κ3) is 2.96. The molecule has 0 aromatic carbocycles. The maximum absolute atomic E-state index is 9.30. The number of nitrogens with one attached hydrogen (secondary N) is 1. The summed E-state index contributed by atoms with van der Waals surface area (Å²) in [5.74, 6) is 1.81. The van der Waals surface area contributed by atoms with Crippen molar-refractivity contribution < 1.29 is 9.84 Å². The van der Waals surface area contributed by atoms with E-state index >= 15 is 0 Å². The fourth-order valence-electron chi connectivity index (χ4n) is 2.54. The van der Waals surface area contributed by atoms with E-state index in [4.69, 9.17) is 4.74 Å². The van der Waals surface area contributed by atoms with E-state index in [-0.39, 0.29) is 18.8 Å². The van der Waals surface area contributed by atoms with E-state index in [0.29, 0.717) is 6.54 Å². The smallest absolute Gasteiger partial charge is 0.137 e. The second-order valence-corrected chi connectivity index (χ2v) is 4.78. The van der Waals surface area contributed by atoms with E-state index in [1.165, 1.54) is 0 Å². The number of aliphatic hydroxyl groups is 1. The second-order valence-electron chi connectivity index (χ2n) is 4.78. The molecule has 1 fully saturated rings. The van der Waals surface area contributed by atoms with E-state index in [2.05, 4.69) is 27.1 Å². The van der Waals surface area contributed by atoms with Crippen LogP contribution < -0.4 is 10.2 Å². The summed E-state index contributed by atoms with van der Waals surface area (Å²) in [4.78, 5) is 10.9. The molecule has 1 saturated heterocycles. The Labute approximate surface area is 113 Å². The minimum Gasteiger partial charge on any atom is -0.394 e. The lowest BCUT2D eigenvalue weighted by molar-refractivity contribution is -0.0423. The second kappa shape index (κ2) is 6.16. The highest BCUT2D eigenvalue weighted by Crippen LogP contribution is 2.26. The molecule has 0 saturated carbocycles. The van der Waals surface area contributed by atoms with Crippen LogP contribution in [0.4, 0.5) is 11.6 Å². The minimum absolute atomic E-state index is 0.0340. The summed E-state index contributed by atoms with van der Waals surface area (Å²) < 4.78 is 5.67. The normalized spacial score (nSPS) is 23.5. The first-order chi connectivity index (χ1) is 9.19. The lowest BCUT2D eigenvalue weighted by atomic mass is 10.1. The van der Waals surface area contributed by atoms with E-state index in [9.17, 15) is 5.11 Å². The predicted octanol–water partition coefficient (Wildman–Crippen LogP) is 0.667. The zero-order chi connectivity index (χ0) is 13.8. The maximum atomic E-state index is 9.30. The van der Waals surface area contributed by atoms with Gasteiger partial charge in [-0.25, -0.2) is 9.97 Å². The van der Waals surface area contributed by atoms with Crippen LogP contribution in [-0.4, -0.2) is 54.0 Å². The van der Waals surface area contributed by atoms with Gasteiger partial charge in [-0.15, -0.1) is 0 Å². The van der Waals surface area contributed by atoms with E-state index in [1.54, 1.807) is 6.33 Å². The van der Waals surface area contributed by atoms with Crippen molar-refractivity contribution >= 4 is 11.6 Å². The van der Waals surface area contributed by atoms with Crippen molar-refractivity contribution in [3.8, 4) is 0 Å². The van der Waals surface area contributed by atoms with Gasteiger partial charge in [-0.1, -0.05) is 6.92 Å². The van der Waals surface area contributed by atoms with Crippen molar-refractivity contribution in [2.24, 2.45) is 0 Å². The fourth-order valence-corrected chi connectivity index (χ4v) is 2.54. The number of rotatable bonds is 4. The molecule has 6 nitrogen and oxygen atoms in total. The molecular weight excluding hydrogens is 244 g/mol. The summed E-state index contributed by atoms with van der Waals surface area (Å²) in [5, 5.41) is 12.4. The van der Waals surface area contributed by atoms with Crippen LogP contribution in [0.3, 0.4) is 0 Å². The zero-order valence-electron chi connectivity index (χ0n) is 11.8. The van der Waals surface area contributed by atoms with Crippen LogP contribution in [0.1, 0.15) is 19.4 Å². The van der Waals surface area contributed by atoms with Gasteiger partial charge in [0.25, 0.3) is 0 Å². The Balaban J connectivity index is 2.30. The Hall–Kier alpha value is -1.40. The van der Waals surface area contributed by atoms with Gasteiger partial charge in [-0.3, -0.25) is 0 Å². The molecule has 2 N–H and O–H groups in total. The summed E-state index contributed by atoms with van der Waals surface area (Å²) >= 11 is 0. The van der Waals surface area contributed by atoms with Gasteiger partial charge in [-0.05, 0) is 13.3 Å². The highest BCUT2D eigenvalue weighted by atomic mass is 16.5. The van der Waals surface area contributed by atoms with Crippen LogP contribution >= 0.6 is 0 Å². The minimum atomic E-state index is -0.151. The third-order valence-corrected chi connectivity index (χ3v) is 3.34. The standard InChI is InChI=1S/C13H22N4O2/c1-4-11-12(14-3)15-8-16-13(11)17-5-9(2)19-10(6-17)7-18/h8-10,18H,4-7H2,1-3H3,(H,14,15,16). The van der Waals surface area contributed by atoms with Crippen molar-refractivity contribution in [3.05, 3.63) is 11.9 Å². The molecule has 0 aliphatic carbocycles. The molecule has 1 aliphatic heterocycles. The molecule has 1 aromatic heterocycles. The Morgan fingerprint density at radius 3 is 2.89 bits per heavy atom. The quantitative estimate of drug-likeness (QED) is 0.834. The van der Waals surface area contributed by atoms with Crippen LogP contribution in [0.25, 0.3) is 0 Å². The van der Waals surface area contributed by atoms with E-state index in [0.717, 1.165) is 30.2 Å². The Morgan fingerprint density at radius 1 is 1.47 bits per heavy atom. The van der Waals surface area contributed by atoms with Gasteiger partial charge < -0.3 is 20.1 Å². The lowest BCUT2D eigenvalue weighted by Crippen LogP contribution is -2.48. The van der Waals surface area contributed by atoms with Gasteiger partial charge in [0.1, 0.15) is 18.0 Å². The molecule has 2 unspecified atom stereocenters. The van der Waals surface area contributed by atoms with Crippen LogP contribution in [-0.2, 0) is 11.2 Å². The predicted molar refractivity (Wildman–Crippen MR) is 74.6 cm³/mol. The number of morpholine rings is 1. The summed E-state index contributed by atoms with van der Waals surface area (Å²) in [6.07, 6.45) is 2.38. The highest BCUT2D eigenvalue weighted by molar-refractivity contribution is 5.58. The highest BCUT2D eigenvalue weighted by Gasteiger charge is 2.27. The molecule has 6 heteroatoms. The number of nitrogens with zero attached hydrogens (tertiary/aromatic N) is 3. The third-order valence-electron chi connectivity index (χ3n) is 3.34. The van der Waals surface area contributed by atoms with Crippen LogP contribution in [0, 0.1) is 0 Å². The molecule has 0 radical (unpaired) electrons. The maximum Gasteiger partial charge on any atom is 0.137 e. The molecule has 2 atom stereocenters. The van der Waals surface area contributed by atoms with Crippen LogP contribution in [0.15, 0.2) is 6.33 Å². The number of hydrogen-bond acceptors (Lipinski definition) is 6. The number of ether oxygens (including phenoxy) is 1. The fraction of sp³-hybridized carbons (Fsp3) is 0.692. The van der Waals surface area contributed by atoms with Crippen molar-refractivity contribution in [2.75, 3.05) is 37.0 Å². The van der Waals surface area contributed by atoms with Crippen molar-refractivity contribution in [3.63, 3.8) is 0 Å². The van der Waals surface area contributed by atoms with Crippen molar-refractivity contribution in [1.82, 2.24) is 9.97 Å². The molecular formula is C13H22N4O2. The topological polar surface area (TPSA) is 70.5 Å². The molecule has 2 rings (SSSR count). The number of hydrogen-bond donors (Lipinski definition) is 2. The number of aliphatic hydroxyl groups excluding tert-OH is 1. The Kier molecular flexibility index (Phi) is 4.55. The molecule has 1 aliphatic rings. The van der Waals surface area contributed by atoms with E-state index < -0.39 is 0 Å². The number of aromatic nitrogens is 2. The summed E-state index contributed by atoms with van der Waals surface area (Å²) in [6, 6.07) is 0. The Bertz CT molecular complexity index is 427. The average molecular weight is 266 g/mol. The molecule has 106 valence electrons. The Morgan fingerprint density at radius 2 is 2.26 bits per heavy atom. The van der Waals surface area contributed by atoms with Gasteiger partial charge in [0.05, 0.1) is 18.8 Å². The summed E-state index contributed by atoms with van der Waals surface area (Å²) in [5.41, 5.74) is 1.11. The lowest BCUT2D eigenvalue weighted by Gasteiger charge is -2.37. The first-order valence-corrected chi connectivity index (χ1v) is 6.72.